The Kier molecular flexibility index (Phi) is 4.10. The van der Waals surface area contributed by atoms with Gasteiger partial charge in [0, 0.05) is 0 Å². The Morgan fingerprint density at radius 3 is 2.23 bits per heavy atom. The molecule has 1 atom stereocenters. The predicted molar refractivity (Wildman–Crippen MR) is 55.9 cm³/mol. The molecule has 72 valence electrons. The third-order valence-electron chi connectivity index (χ3n) is 1.82. The van der Waals surface area contributed by atoms with E-state index in [-0.39, 0.29) is 17.0 Å². The van der Waals surface area contributed by atoms with E-state index in [0.29, 0.717) is 5.56 Å². The third kappa shape index (κ3) is 2.54. The van der Waals surface area contributed by atoms with E-state index in [1.807, 2.05) is 6.07 Å². The maximum atomic E-state index is 10.7. The van der Waals surface area contributed by atoms with Crippen LogP contribution in [0.1, 0.15) is 12.5 Å². The molecule has 1 aromatic carbocycles. The Bertz CT molecular complexity index is 285. The molecule has 0 aliphatic carbocycles. The second-order valence-electron chi connectivity index (χ2n) is 2.87. The SMILES string of the molecule is Br.C[C@@](N)(C(=O)O)c1ccccc1. The van der Waals surface area contributed by atoms with E-state index in [1.54, 1.807) is 24.3 Å². The van der Waals surface area contributed by atoms with Crippen LogP contribution in [0.2, 0.25) is 0 Å². The minimum Gasteiger partial charge on any atom is -0.480 e. The lowest BCUT2D eigenvalue weighted by atomic mass is 9.94. The van der Waals surface area contributed by atoms with Crippen molar-refractivity contribution in [2.75, 3.05) is 0 Å². The summed E-state index contributed by atoms with van der Waals surface area (Å²) in [5.74, 6) is -1.02. The van der Waals surface area contributed by atoms with Gasteiger partial charge < -0.3 is 10.8 Å². The van der Waals surface area contributed by atoms with E-state index in [4.69, 9.17) is 10.8 Å². The van der Waals surface area contributed by atoms with Crippen molar-refractivity contribution in [1.29, 1.82) is 0 Å². The molecule has 4 heteroatoms. The molecule has 0 bridgehead atoms. The first kappa shape index (κ1) is 12.1. The summed E-state index contributed by atoms with van der Waals surface area (Å²) in [6.45, 7) is 1.48. The lowest BCUT2D eigenvalue weighted by Gasteiger charge is -2.18. The molecular formula is C9H12BrNO2. The van der Waals surface area contributed by atoms with Crippen molar-refractivity contribution in [3.05, 3.63) is 35.9 Å². The number of nitrogens with two attached hydrogens (primary N) is 1. The average molecular weight is 246 g/mol. The monoisotopic (exact) mass is 245 g/mol. The number of hydrogen-bond acceptors (Lipinski definition) is 2. The molecule has 0 spiro atoms. The summed E-state index contributed by atoms with van der Waals surface area (Å²) < 4.78 is 0. The maximum Gasteiger partial charge on any atom is 0.328 e. The van der Waals surface area contributed by atoms with E-state index in [1.165, 1.54) is 6.92 Å². The largest absolute Gasteiger partial charge is 0.480 e. The number of aliphatic carboxylic acids is 1. The van der Waals surface area contributed by atoms with Crippen LogP contribution in [0.4, 0.5) is 0 Å². The van der Waals surface area contributed by atoms with Gasteiger partial charge in [-0.3, -0.25) is 0 Å². The highest BCUT2D eigenvalue weighted by Crippen LogP contribution is 2.16. The van der Waals surface area contributed by atoms with Gasteiger partial charge in [0.2, 0.25) is 0 Å². The van der Waals surface area contributed by atoms with Gasteiger partial charge in [0.25, 0.3) is 0 Å². The highest BCUT2D eigenvalue weighted by Gasteiger charge is 2.29. The maximum absolute atomic E-state index is 10.7. The van der Waals surface area contributed by atoms with Crippen LogP contribution in [0.3, 0.4) is 0 Å². The van der Waals surface area contributed by atoms with Crippen LogP contribution in [0.15, 0.2) is 30.3 Å². The van der Waals surface area contributed by atoms with Crippen molar-refractivity contribution in [3.63, 3.8) is 0 Å². The second-order valence-corrected chi connectivity index (χ2v) is 2.87. The first-order chi connectivity index (χ1) is 5.55. The van der Waals surface area contributed by atoms with Crippen molar-refractivity contribution in [2.45, 2.75) is 12.5 Å². The molecule has 0 saturated heterocycles. The minimum absolute atomic E-state index is 0. The fourth-order valence-electron chi connectivity index (χ4n) is 0.908. The number of carboxylic acid groups (broad SMARTS) is 1. The molecule has 0 aliphatic heterocycles. The van der Waals surface area contributed by atoms with Gasteiger partial charge in [-0.05, 0) is 12.5 Å². The van der Waals surface area contributed by atoms with Gasteiger partial charge in [0.05, 0.1) is 0 Å². The highest BCUT2D eigenvalue weighted by molar-refractivity contribution is 8.93. The minimum atomic E-state index is -1.29. The molecule has 0 radical (unpaired) electrons. The Hall–Kier alpha value is -0.870. The normalized spacial score (nSPS) is 14.0. The molecule has 1 rings (SSSR count). The first-order valence-corrected chi connectivity index (χ1v) is 3.63. The van der Waals surface area contributed by atoms with Crippen LogP contribution in [0.5, 0.6) is 0 Å². The lowest BCUT2D eigenvalue weighted by Crippen LogP contribution is -2.41. The van der Waals surface area contributed by atoms with Crippen LogP contribution in [0.25, 0.3) is 0 Å². The van der Waals surface area contributed by atoms with E-state index < -0.39 is 11.5 Å². The molecule has 0 aliphatic rings. The third-order valence-corrected chi connectivity index (χ3v) is 1.82. The molecular weight excluding hydrogens is 234 g/mol. The number of carboxylic acids is 1. The number of benzene rings is 1. The van der Waals surface area contributed by atoms with Gasteiger partial charge in [-0.2, -0.15) is 0 Å². The first-order valence-electron chi connectivity index (χ1n) is 3.63. The summed E-state index contributed by atoms with van der Waals surface area (Å²) in [7, 11) is 0. The molecule has 0 fully saturated rings. The zero-order valence-corrected chi connectivity index (χ0v) is 8.94. The second kappa shape index (κ2) is 4.39. The number of carbonyl (C=O) groups is 1. The number of halogens is 1. The molecule has 0 amide bonds. The predicted octanol–water partition coefficient (Wildman–Crippen LogP) is 1.52. The molecule has 0 saturated carbocycles. The average Bonchev–Trinajstić information content (AvgIpc) is 2.06. The lowest BCUT2D eigenvalue weighted by molar-refractivity contribution is -0.143. The van der Waals surface area contributed by atoms with Crippen molar-refractivity contribution >= 4 is 23.0 Å². The van der Waals surface area contributed by atoms with Crippen LogP contribution in [0, 0.1) is 0 Å². The van der Waals surface area contributed by atoms with Gasteiger partial charge in [-0.25, -0.2) is 4.79 Å². The van der Waals surface area contributed by atoms with E-state index in [2.05, 4.69) is 0 Å². The smallest absolute Gasteiger partial charge is 0.328 e. The molecule has 13 heavy (non-hydrogen) atoms. The quantitative estimate of drug-likeness (QED) is 0.831. The Balaban J connectivity index is 0.00000144. The molecule has 0 aromatic heterocycles. The van der Waals surface area contributed by atoms with Gasteiger partial charge in [-0.1, -0.05) is 30.3 Å². The van der Waals surface area contributed by atoms with E-state index in [0.717, 1.165) is 0 Å². The van der Waals surface area contributed by atoms with Crippen LogP contribution in [-0.4, -0.2) is 11.1 Å². The number of hydrogen-bond donors (Lipinski definition) is 2. The van der Waals surface area contributed by atoms with Gasteiger partial charge >= 0.3 is 5.97 Å². The van der Waals surface area contributed by atoms with Crippen LogP contribution in [-0.2, 0) is 10.3 Å². The summed E-state index contributed by atoms with van der Waals surface area (Å²) in [6, 6.07) is 8.76. The molecule has 3 N–H and O–H groups in total. The van der Waals surface area contributed by atoms with E-state index >= 15 is 0 Å². The highest BCUT2D eigenvalue weighted by atomic mass is 79.9. The van der Waals surface area contributed by atoms with Crippen molar-refractivity contribution < 1.29 is 9.90 Å². The molecule has 3 nitrogen and oxygen atoms in total. The molecule has 1 aromatic rings. The standard InChI is InChI=1S/C9H11NO2.BrH/c1-9(10,8(11)12)7-5-3-2-4-6-7;/h2-6H,10H2,1H3,(H,11,12);1H/t9-;/m0./s1. The zero-order valence-electron chi connectivity index (χ0n) is 7.23. The fourth-order valence-corrected chi connectivity index (χ4v) is 0.908. The molecule has 0 unspecified atom stereocenters. The van der Waals surface area contributed by atoms with Crippen LogP contribution < -0.4 is 5.73 Å². The summed E-state index contributed by atoms with van der Waals surface area (Å²) in [6.07, 6.45) is 0. The summed E-state index contributed by atoms with van der Waals surface area (Å²) in [5, 5.41) is 8.77. The Morgan fingerprint density at radius 2 is 1.85 bits per heavy atom. The van der Waals surface area contributed by atoms with Crippen molar-refractivity contribution in [2.24, 2.45) is 5.73 Å². The van der Waals surface area contributed by atoms with Crippen LogP contribution >= 0.6 is 17.0 Å². The Morgan fingerprint density at radius 1 is 1.38 bits per heavy atom. The zero-order chi connectivity index (χ0) is 9.19. The topological polar surface area (TPSA) is 63.3 Å². The van der Waals surface area contributed by atoms with Crippen molar-refractivity contribution in [1.82, 2.24) is 0 Å². The fraction of sp³-hybridized carbons (Fsp3) is 0.222. The summed E-state index contributed by atoms with van der Waals surface area (Å²) >= 11 is 0. The van der Waals surface area contributed by atoms with Gasteiger partial charge in [-0.15, -0.1) is 17.0 Å². The molecule has 0 heterocycles. The Labute approximate surface area is 87.3 Å². The van der Waals surface area contributed by atoms with E-state index in [9.17, 15) is 4.79 Å². The number of rotatable bonds is 2. The van der Waals surface area contributed by atoms with Crippen molar-refractivity contribution in [3.8, 4) is 0 Å². The summed E-state index contributed by atoms with van der Waals surface area (Å²) in [5.41, 5.74) is 4.90. The van der Waals surface area contributed by atoms with Gasteiger partial charge in [0.15, 0.2) is 0 Å². The summed E-state index contributed by atoms with van der Waals surface area (Å²) in [4.78, 5) is 10.7. The van der Waals surface area contributed by atoms with Gasteiger partial charge in [0.1, 0.15) is 5.54 Å².